The van der Waals surface area contributed by atoms with E-state index in [-0.39, 0.29) is 12.5 Å². The van der Waals surface area contributed by atoms with Crippen molar-refractivity contribution in [3.63, 3.8) is 0 Å². The van der Waals surface area contributed by atoms with Crippen molar-refractivity contribution in [1.82, 2.24) is 5.32 Å². The third-order valence-corrected chi connectivity index (χ3v) is 4.42. The van der Waals surface area contributed by atoms with E-state index in [9.17, 15) is 14.3 Å². The highest BCUT2D eigenvalue weighted by atomic mass is 19.1. The summed E-state index contributed by atoms with van der Waals surface area (Å²) in [5.74, 6) is -1.31. The standard InChI is InChI=1S/C17H23BFNO4/c1-11(21)20-10-13(8-12-6-7-15(22)14(19)9-12)18-23-16(2,3)17(4,5)24-18/h6-9,22H,10H2,1-5H3,(H,20,21). The predicted octanol–water partition coefficient (Wildman–Crippen LogP) is 2.68. The zero-order valence-corrected chi connectivity index (χ0v) is 14.6. The summed E-state index contributed by atoms with van der Waals surface area (Å²) in [6.07, 6.45) is 1.70. The first kappa shape index (κ1) is 18.5. The first-order chi connectivity index (χ1) is 11.0. The van der Waals surface area contributed by atoms with Crippen LogP contribution >= 0.6 is 0 Å². The molecule has 0 saturated carbocycles. The number of phenolic OH excluding ortho intramolecular Hbond substituents is 1. The van der Waals surface area contributed by atoms with Gasteiger partial charge in [-0.25, -0.2) is 4.39 Å². The maximum Gasteiger partial charge on any atom is 0.492 e. The minimum Gasteiger partial charge on any atom is -0.505 e. The number of phenols is 1. The average Bonchev–Trinajstić information content (AvgIpc) is 2.67. The van der Waals surface area contributed by atoms with E-state index in [1.807, 2.05) is 27.7 Å². The van der Waals surface area contributed by atoms with Gasteiger partial charge in [0.05, 0.1) is 11.2 Å². The van der Waals surface area contributed by atoms with Crippen molar-refractivity contribution in [3.8, 4) is 5.75 Å². The van der Waals surface area contributed by atoms with Crippen LogP contribution in [0.2, 0.25) is 0 Å². The first-order valence-electron chi connectivity index (χ1n) is 7.81. The van der Waals surface area contributed by atoms with Gasteiger partial charge < -0.3 is 19.7 Å². The van der Waals surface area contributed by atoms with Gasteiger partial charge in [0.15, 0.2) is 11.6 Å². The third-order valence-electron chi connectivity index (χ3n) is 4.42. The highest BCUT2D eigenvalue weighted by Gasteiger charge is 2.52. The van der Waals surface area contributed by atoms with Crippen molar-refractivity contribution in [2.45, 2.75) is 45.8 Å². The van der Waals surface area contributed by atoms with Crippen LogP contribution in [-0.4, -0.2) is 35.9 Å². The highest BCUT2D eigenvalue weighted by Crippen LogP contribution is 2.38. The van der Waals surface area contributed by atoms with Gasteiger partial charge in [0, 0.05) is 13.5 Å². The average molecular weight is 335 g/mol. The van der Waals surface area contributed by atoms with Crippen LogP contribution in [0.25, 0.3) is 6.08 Å². The Morgan fingerprint density at radius 1 is 1.29 bits per heavy atom. The molecule has 24 heavy (non-hydrogen) atoms. The lowest BCUT2D eigenvalue weighted by atomic mass is 9.77. The molecule has 1 fully saturated rings. The van der Waals surface area contributed by atoms with Gasteiger partial charge in [0.2, 0.25) is 5.91 Å². The van der Waals surface area contributed by atoms with Crippen LogP contribution in [0, 0.1) is 5.82 Å². The molecular weight excluding hydrogens is 312 g/mol. The number of hydrogen-bond acceptors (Lipinski definition) is 4. The molecule has 7 heteroatoms. The van der Waals surface area contributed by atoms with E-state index >= 15 is 0 Å². The largest absolute Gasteiger partial charge is 0.505 e. The lowest BCUT2D eigenvalue weighted by molar-refractivity contribution is -0.118. The van der Waals surface area contributed by atoms with Crippen LogP contribution in [0.1, 0.15) is 40.2 Å². The molecule has 130 valence electrons. The number of aromatic hydroxyl groups is 1. The Labute approximate surface area is 142 Å². The van der Waals surface area contributed by atoms with Crippen molar-refractivity contribution in [1.29, 1.82) is 0 Å². The zero-order chi connectivity index (χ0) is 18.1. The number of carbonyl (C=O) groups is 1. The summed E-state index contributed by atoms with van der Waals surface area (Å²) in [5.41, 5.74) is 0.162. The van der Waals surface area contributed by atoms with Crippen molar-refractivity contribution < 1.29 is 23.6 Å². The Bertz CT molecular complexity index is 657. The summed E-state index contributed by atoms with van der Waals surface area (Å²) in [5, 5.41) is 12.0. The van der Waals surface area contributed by atoms with E-state index < -0.39 is 29.9 Å². The maximum atomic E-state index is 13.6. The van der Waals surface area contributed by atoms with E-state index in [0.29, 0.717) is 11.0 Å². The molecule has 1 aromatic carbocycles. The van der Waals surface area contributed by atoms with Gasteiger partial charge in [0.25, 0.3) is 0 Å². The summed E-state index contributed by atoms with van der Waals surface area (Å²) in [6.45, 7) is 9.37. The minimum atomic E-state index is -0.712. The lowest BCUT2D eigenvalue weighted by Crippen LogP contribution is -2.41. The highest BCUT2D eigenvalue weighted by molar-refractivity contribution is 6.56. The molecule has 1 aromatic rings. The molecule has 1 saturated heterocycles. The molecule has 1 heterocycles. The van der Waals surface area contributed by atoms with E-state index in [4.69, 9.17) is 9.31 Å². The number of hydrogen-bond donors (Lipinski definition) is 2. The molecule has 5 nitrogen and oxygen atoms in total. The van der Waals surface area contributed by atoms with Crippen molar-refractivity contribution in [3.05, 3.63) is 35.1 Å². The summed E-state index contributed by atoms with van der Waals surface area (Å²) in [6, 6.07) is 4.08. The van der Waals surface area contributed by atoms with E-state index in [1.54, 1.807) is 12.1 Å². The fourth-order valence-corrected chi connectivity index (χ4v) is 2.25. The second-order valence-electron chi connectivity index (χ2n) is 6.93. The number of rotatable bonds is 4. The van der Waals surface area contributed by atoms with E-state index in [1.165, 1.54) is 19.1 Å². The lowest BCUT2D eigenvalue weighted by Gasteiger charge is -2.32. The number of amides is 1. The number of carbonyl (C=O) groups excluding carboxylic acids is 1. The Hall–Kier alpha value is -1.86. The normalized spacial score (nSPS) is 19.4. The van der Waals surface area contributed by atoms with Gasteiger partial charge in [-0.3, -0.25) is 4.79 Å². The van der Waals surface area contributed by atoms with Crippen molar-refractivity contribution in [2.75, 3.05) is 6.54 Å². The quantitative estimate of drug-likeness (QED) is 0.830. The third kappa shape index (κ3) is 3.97. The van der Waals surface area contributed by atoms with Gasteiger partial charge in [-0.15, -0.1) is 0 Å². The van der Waals surface area contributed by atoms with Crippen LogP contribution in [0.4, 0.5) is 4.39 Å². The van der Waals surface area contributed by atoms with Gasteiger partial charge in [-0.1, -0.05) is 12.1 Å². The molecule has 1 amide bonds. The number of halogens is 1. The molecule has 1 aliphatic rings. The molecule has 0 aliphatic carbocycles. The Balaban J connectivity index is 2.33. The molecule has 1 aliphatic heterocycles. The fraction of sp³-hybridized carbons (Fsp3) is 0.471. The summed E-state index contributed by atoms with van der Waals surface area (Å²) in [4.78, 5) is 11.3. The SMILES string of the molecule is CC(=O)NCC(=Cc1ccc(O)c(F)c1)B1OC(C)(C)C(C)(C)O1. The van der Waals surface area contributed by atoms with Gasteiger partial charge in [0.1, 0.15) is 0 Å². The first-order valence-corrected chi connectivity index (χ1v) is 7.81. The molecule has 0 unspecified atom stereocenters. The zero-order valence-electron chi connectivity index (χ0n) is 14.6. The van der Waals surface area contributed by atoms with Crippen LogP contribution in [0.5, 0.6) is 5.75 Å². The summed E-state index contributed by atoms with van der Waals surface area (Å²) in [7, 11) is -0.654. The topological polar surface area (TPSA) is 67.8 Å². The van der Waals surface area contributed by atoms with Crippen LogP contribution in [0.15, 0.2) is 23.7 Å². The Kier molecular flexibility index (Phi) is 5.06. The predicted molar refractivity (Wildman–Crippen MR) is 90.8 cm³/mol. The monoisotopic (exact) mass is 335 g/mol. The van der Waals surface area contributed by atoms with Crippen molar-refractivity contribution in [2.24, 2.45) is 0 Å². The number of nitrogens with one attached hydrogen (secondary N) is 1. The second-order valence-corrected chi connectivity index (χ2v) is 6.93. The van der Waals surface area contributed by atoms with Gasteiger partial charge in [-0.2, -0.15) is 0 Å². The van der Waals surface area contributed by atoms with E-state index in [2.05, 4.69) is 5.32 Å². The van der Waals surface area contributed by atoms with Crippen LogP contribution in [-0.2, 0) is 14.1 Å². The number of benzene rings is 1. The maximum absolute atomic E-state index is 13.6. The van der Waals surface area contributed by atoms with Gasteiger partial charge in [-0.05, 0) is 50.9 Å². The molecule has 2 N–H and O–H groups in total. The Morgan fingerprint density at radius 2 is 1.88 bits per heavy atom. The molecule has 0 atom stereocenters. The van der Waals surface area contributed by atoms with Crippen molar-refractivity contribution >= 4 is 19.1 Å². The molecule has 2 rings (SSSR count). The molecule has 0 bridgehead atoms. The van der Waals surface area contributed by atoms with Crippen LogP contribution in [0.3, 0.4) is 0 Å². The van der Waals surface area contributed by atoms with Crippen LogP contribution < -0.4 is 5.32 Å². The second kappa shape index (κ2) is 6.57. The van der Waals surface area contributed by atoms with Gasteiger partial charge >= 0.3 is 7.12 Å². The molecular formula is C17H23BFNO4. The summed E-state index contributed by atoms with van der Waals surface area (Å²) >= 11 is 0. The Morgan fingerprint density at radius 3 is 2.38 bits per heavy atom. The molecule has 0 aromatic heterocycles. The van der Waals surface area contributed by atoms with E-state index in [0.717, 1.165) is 0 Å². The molecule has 0 radical (unpaired) electrons. The fourth-order valence-electron chi connectivity index (χ4n) is 2.25. The molecule has 0 spiro atoms. The smallest absolute Gasteiger partial charge is 0.492 e. The summed E-state index contributed by atoms with van der Waals surface area (Å²) < 4.78 is 25.6. The minimum absolute atomic E-state index is 0.186.